The van der Waals surface area contributed by atoms with Gasteiger partial charge in [0.05, 0.1) is 17.7 Å². The minimum absolute atomic E-state index is 0.137. The molecule has 1 aromatic carbocycles. The Morgan fingerprint density at radius 2 is 2.25 bits per heavy atom. The topological polar surface area (TPSA) is 52.9 Å². The Hall–Kier alpha value is -0.780. The van der Waals surface area contributed by atoms with Crippen molar-refractivity contribution in [2.24, 2.45) is 0 Å². The molecule has 0 aromatic heterocycles. The van der Waals surface area contributed by atoms with Gasteiger partial charge in [-0.05, 0) is 66.4 Å². The third kappa shape index (κ3) is 3.65. The van der Waals surface area contributed by atoms with Crippen LogP contribution in [0, 0.1) is 0 Å². The molecule has 2 rings (SSSR count). The molecule has 1 heterocycles. The Morgan fingerprint density at radius 1 is 1.50 bits per heavy atom. The van der Waals surface area contributed by atoms with Crippen LogP contribution >= 0.6 is 15.9 Å². The number of halogens is 1. The van der Waals surface area contributed by atoms with Gasteiger partial charge < -0.3 is 14.9 Å². The number of nitrogens with zero attached hydrogens (tertiary/aromatic N) is 1. The first-order valence-electron chi connectivity index (χ1n) is 6.98. The summed E-state index contributed by atoms with van der Waals surface area (Å²) in [7, 11) is 1.55. The van der Waals surface area contributed by atoms with Crippen LogP contribution in [-0.4, -0.2) is 40.9 Å². The molecule has 1 aromatic rings. The summed E-state index contributed by atoms with van der Waals surface area (Å²) in [6.07, 6.45) is 2.87. The molecule has 0 saturated carbocycles. The SMILES string of the molecule is COc1cc(CN2CCCC2CC(C)O)cc(Br)c1O. The maximum Gasteiger partial charge on any atom is 0.172 e. The minimum Gasteiger partial charge on any atom is -0.503 e. The van der Waals surface area contributed by atoms with Crippen molar-refractivity contribution in [1.82, 2.24) is 4.90 Å². The molecule has 0 aliphatic carbocycles. The lowest BCUT2D eigenvalue weighted by Crippen LogP contribution is -2.31. The van der Waals surface area contributed by atoms with Crippen LogP contribution in [0.5, 0.6) is 11.5 Å². The number of aliphatic hydroxyl groups excluding tert-OH is 1. The molecule has 1 saturated heterocycles. The Labute approximate surface area is 128 Å². The maximum atomic E-state index is 9.84. The molecule has 2 N–H and O–H groups in total. The number of rotatable bonds is 5. The van der Waals surface area contributed by atoms with E-state index >= 15 is 0 Å². The number of phenols is 1. The first kappa shape index (κ1) is 15.6. The summed E-state index contributed by atoms with van der Waals surface area (Å²) < 4.78 is 5.83. The quantitative estimate of drug-likeness (QED) is 0.863. The van der Waals surface area contributed by atoms with Crippen LogP contribution in [-0.2, 0) is 6.54 Å². The van der Waals surface area contributed by atoms with E-state index in [1.807, 2.05) is 19.1 Å². The van der Waals surface area contributed by atoms with Gasteiger partial charge in [0.1, 0.15) is 0 Å². The lowest BCUT2D eigenvalue weighted by Gasteiger charge is -2.25. The number of hydrogen-bond acceptors (Lipinski definition) is 4. The lowest BCUT2D eigenvalue weighted by molar-refractivity contribution is 0.130. The van der Waals surface area contributed by atoms with Crippen molar-refractivity contribution >= 4 is 15.9 Å². The normalized spacial score (nSPS) is 21.1. The van der Waals surface area contributed by atoms with Gasteiger partial charge in [0.25, 0.3) is 0 Å². The van der Waals surface area contributed by atoms with Crippen molar-refractivity contribution in [3.05, 3.63) is 22.2 Å². The molecule has 0 amide bonds. The van der Waals surface area contributed by atoms with Crippen molar-refractivity contribution in [3.8, 4) is 11.5 Å². The van der Waals surface area contributed by atoms with Gasteiger partial charge in [-0.2, -0.15) is 0 Å². The number of ether oxygens (including phenoxy) is 1. The summed E-state index contributed by atoms with van der Waals surface area (Å²) in [5, 5.41) is 19.4. The second-order valence-electron chi connectivity index (χ2n) is 5.48. The molecule has 1 aliphatic rings. The largest absolute Gasteiger partial charge is 0.503 e. The number of aliphatic hydroxyl groups is 1. The van der Waals surface area contributed by atoms with Gasteiger partial charge in [-0.3, -0.25) is 4.90 Å². The molecule has 0 bridgehead atoms. The maximum absolute atomic E-state index is 9.84. The fourth-order valence-corrected chi connectivity index (χ4v) is 3.36. The summed E-state index contributed by atoms with van der Waals surface area (Å²) in [6.45, 7) is 3.71. The average molecular weight is 344 g/mol. The molecule has 2 unspecified atom stereocenters. The van der Waals surface area contributed by atoms with E-state index < -0.39 is 0 Å². The highest BCUT2D eigenvalue weighted by Crippen LogP contribution is 2.36. The van der Waals surface area contributed by atoms with E-state index in [1.54, 1.807) is 7.11 Å². The number of hydrogen-bond donors (Lipinski definition) is 2. The Balaban J connectivity index is 2.11. The van der Waals surface area contributed by atoms with Crippen LogP contribution in [0.1, 0.15) is 31.7 Å². The molecule has 0 radical (unpaired) electrons. The van der Waals surface area contributed by atoms with Crippen molar-refractivity contribution < 1.29 is 14.9 Å². The standard InChI is InChI=1S/C15H22BrNO3/c1-10(18)6-12-4-3-5-17(12)9-11-7-13(16)15(19)14(8-11)20-2/h7-8,10,12,18-19H,3-6,9H2,1-2H3. The van der Waals surface area contributed by atoms with Gasteiger partial charge in [-0.25, -0.2) is 0 Å². The Morgan fingerprint density at radius 3 is 2.90 bits per heavy atom. The van der Waals surface area contributed by atoms with Gasteiger partial charge in [0, 0.05) is 12.6 Å². The van der Waals surface area contributed by atoms with E-state index in [1.165, 1.54) is 6.42 Å². The van der Waals surface area contributed by atoms with E-state index in [-0.39, 0.29) is 11.9 Å². The minimum atomic E-state index is -0.262. The predicted octanol–water partition coefficient (Wildman–Crippen LogP) is 2.90. The zero-order valence-corrected chi connectivity index (χ0v) is 13.6. The van der Waals surface area contributed by atoms with Crippen molar-refractivity contribution in [1.29, 1.82) is 0 Å². The fraction of sp³-hybridized carbons (Fsp3) is 0.600. The molecule has 1 aliphatic heterocycles. The zero-order valence-electron chi connectivity index (χ0n) is 12.0. The smallest absolute Gasteiger partial charge is 0.172 e. The van der Waals surface area contributed by atoms with Crippen molar-refractivity contribution in [2.45, 2.75) is 44.9 Å². The molecular formula is C15H22BrNO3. The number of phenolic OH excluding ortho intramolecular Hbond substituents is 1. The monoisotopic (exact) mass is 343 g/mol. The number of benzene rings is 1. The first-order valence-corrected chi connectivity index (χ1v) is 7.78. The zero-order chi connectivity index (χ0) is 14.7. The highest BCUT2D eigenvalue weighted by atomic mass is 79.9. The summed E-state index contributed by atoms with van der Waals surface area (Å²) >= 11 is 3.35. The molecular weight excluding hydrogens is 322 g/mol. The van der Waals surface area contributed by atoms with Crippen molar-refractivity contribution in [2.75, 3.05) is 13.7 Å². The van der Waals surface area contributed by atoms with Crippen LogP contribution in [0.25, 0.3) is 0 Å². The molecule has 1 fully saturated rings. The number of methoxy groups -OCH3 is 1. The predicted molar refractivity (Wildman–Crippen MR) is 82.1 cm³/mol. The van der Waals surface area contributed by atoms with E-state index in [0.29, 0.717) is 16.3 Å². The first-order chi connectivity index (χ1) is 9.51. The number of likely N-dealkylation sites (tertiary alicyclic amines) is 1. The number of aromatic hydroxyl groups is 1. The third-order valence-corrected chi connectivity index (χ3v) is 4.41. The highest BCUT2D eigenvalue weighted by Gasteiger charge is 2.26. The van der Waals surface area contributed by atoms with Crippen LogP contribution in [0.4, 0.5) is 0 Å². The van der Waals surface area contributed by atoms with Crippen LogP contribution in [0.2, 0.25) is 0 Å². The summed E-state index contributed by atoms with van der Waals surface area (Å²) in [4.78, 5) is 2.39. The Kier molecular flexibility index (Phi) is 5.29. The Bertz CT molecular complexity index is 465. The van der Waals surface area contributed by atoms with Crippen molar-refractivity contribution in [3.63, 3.8) is 0 Å². The molecule has 112 valence electrons. The molecule has 5 heteroatoms. The highest BCUT2D eigenvalue weighted by molar-refractivity contribution is 9.10. The van der Waals surface area contributed by atoms with Gasteiger partial charge >= 0.3 is 0 Å². The van der Waals surface area contributed by atoms with Gasteiger partial charge in [0.2, 0.25) is 0 Å². The average Bonchev–Trinajstić information content (AvgIpc) is 2.80. The second kappa shape index (κ2) is 6.78. The summed E-state index contributed by atoms with van der Waals surface area (Å²) in [5.41, 5.74) is 1.10. The van der Waals surface area contributed by atoms with E-state index in [2.05, 4.69) is 20.8 Å². The van der Waals surface area contributed by atoms with E-state index in [9.17, 15) is 10.2 Å². The van der Waals surface area contributed by atoms with E-state index in [0.717, 1.165) is 31.5 Å². The molecule has 2 atom stereocenters. The van der Waals surface area contributed by atoms with E-state index in [4.69, 9.17) is 4.74 Å². The fourth-order valence-electron chi connectivity index (χ4n) is 2.87. The van der Waals surface area contributed by atoms with Gasteiger partial charge in [-0.15, -0.1) is 0 Å². The summed E-state index contributed by atoms with van der Waals surface area (Å²) in [6, 6.07) is 4.24. The summed E-state index contributed by atoms with van der Waals surface area (Å²) in [5.74, 6) is 0.624. The third-order valence-electron chi connectivity index (χ3n) is 3.81. The molecule has 4 nitrogen and oxygen atoms in total. The van der Waals surface area contributed by atoms with Gasteiger partial charge in [0.15, 0.2) is 11.5 Å². The molecule has 20 heavy (non-hydrogen) atoms. The van der Waals surface area contributed by atoms with Crippen LogP contribution < -0.4 is 4.74 Å². The molecule has 0 spiro atoms. The van der Waals surface area contributed by atoms with Crippen LogP contribution in [0.3, 0.4) is 0 Å². The lowest BCUT2D eigenvalue weighted by atomic mass is 10.1. The second-order valence-corrected chi connectivity index (χ2v) is 6.33. The van der Waals surface area contributed by atoms with Crippen LogP contribution in [0.15, 0.2) is 16.6 Å². The van der Waals surface area contributed by atoms with Gasteiger partial charge in [-0.1, -0.05) is 0 Å².